The minimum Gasteiger partial charge on any atom is -0.497 e. The van der Waals surface area contributed by atoms with Crippen molar-refractivity contribution in [2.75, 3.05) is 27.4 Å². The molecular formula is C18H21NO4. The Hall–Kier alpha value is -2.69. The fraction of sp³-hybridized carbons (Fsp3) is 0.278. The molecule has 5 heteroatoms. The molecule has 0 spiro atoms. The first-order valence-electron chi connectivity index (χ1n) is 7.38. The van der Waals surface area contributed by atoms with Crippen LogP contribution in [0.3, 0.4) is 0 Å². The fourth-order valence-corrected chi connectivity index (χ4v) is 2.04. The molecule has 0 unspecified atom stereocenters. The van der Waals surface area contributed by atoms with Crippen LogP contribution in [0.25, 0.3) is 0 Å². The Labute approximate surface area is 136 Å². The maximum absolute atomic E-state index is 11.9. The smallest absolute Gasteiger partial charge is 0.224 e. The highest BCUT2D eigenvalue weighted by molar-refractivity contribution is 5.78. The number of carbonyl (C=O) groups excluding carboxylic acids is 1. The molecule has 0 aliphatic heterocycles. The fourth-order valence-electron chi connectivity index (χ4n) is 2.04. The molecule has 122 valence electrons. The summed E-state index contributed by atoms with van der Waals surface area (Å²) in [6, 6.07) is 14.8. The molecule has 0 saturated heterocycles. The zero-order valence-electron chi connectivity index (χ0n) is 13.4. The van der Waals surface area contributed by atoms with Gasteiger partial charge >= 0.3 is 0 Å². The molecule has 0 aliphatic carbocycles. The Morgan fingerprint density at radius 3 is 2.35 bits per heavy atom. The van der Waals surface area contributed by atoms with E-state index in [1.165, 1.54) is 0 Å². The van der Waals surface area contributed by atoms with Gasteiger partial charge < -0.3 is 19.5 Å². The van der Waals surface area contributed by atoms with Crippen LogP contribution < -0.4 is 19.5 Å². The van der Waals surface area contributed by atoms with Crippen LogP contribution in [0.1, 0.15) is 5.56 Å². The second kappa shape index (κ2) is 8.68. The molecule has 0 fully saturated rings. The Kier molecular flexibility index (Phi) is 6.29. The largest absolute Gasteiger partial charge is 0.497 e. The highest BCUT2D eigenvalue weighted by Crippen LogP contribution is 2.18. The lowest BCUT2D eigenvalue weighted by Crippen LogP contribution is -2.29. The summed E-state index contributed by atoms with van der Waals surface area (Å²) in [6.07, 6.45) is 0.336. The van der Waals surface area contributed by atoms with Crippen LogP contribution in [0.5, 0.6) is 17.2 Å². The number of hydrogen-bond acceptors (Lipinski definition) is 4. The van der Waals surface area contributed by atoms with Gasteiger partial charge in [-0.2, -0.15) is 0 Å². The predicted octanol–water partition coefficient (Wildman–Crippen LogP) is 2.44. The summed E-state index contributed by atoms with van der Waals surface area (Å²) >= 11 is 0. The Bertz CT molecular complexity index is 625. The lowest BCUT2D eigenvalue weighted by atomic mass is 10.1. The average molecular weight is 315 g/mol. The van der Waals surface area contributed by atoms with E-state index in [-0.39, 0.29) is 5.91 Å². The third-order valence-electron chi connectivity index (χ3n) is 3.26. The minimum atomic E-state index is -0.0376. The van der Waals surface area contributed by atoms with Gasteiger partial charge in [-0.05, 0) is 29.8 Å². The Morgan fingerprint density at radius 1 is 0.957 bits per heavy atom. The van der Waals surface area contributed by atoms with Crippen molar-refractivity contribution in [2.24, 2.45) is 0 Å². The summed E-state index contributed by atoms with van der Waals surface area (Å²) in [4.78, 5) is 11.9. The van der Waals surface area contributed by atoms with Gasteiger partial charge in [-0.15, -0.1) is 0 Å². The van der Waals surface area contributed by atoms with E-state index in [0.29, 0.717) is 25.3 Å². The average Bonchev–Trinajstić information content (AvgIpc) is 2.59. The van der Waals surface area contributed by atoms with E-state index >= 15 is 0 Å². The van der Waals surface area contributed by atoms with E-state index in [0.717, 1.165) is 17.1 Å². The van der Waals surface area contributed by atoms with Gasteiger partial charge in [0.1, 0.15) is 23.9 Å². The number of benzene rings is 2. The van der Waals surface area contributed by atoms with Crippen molar-refractivity contribution in [3.05, 3.63) is 54.1 Å². The van der Waals surface area contributed by atoms with E-state index in [2.05, 4.69) is 5.32 Å². The molecule has 1 amide bonds. The van der Waals surface area contributed by atoms with Crippen molar-refractivity contribution in [3.63, 3.8) is 0 Å². The third kappa shape index (κ3) is 5.54. The van der Waals surface area contributed by atoms with Crippen molar-refractivity contribution in [3.8, 4) is 17.2 Å². The van der Waals surface area contributed by atoms with Gasteiger partial charge in [0.2, 0.25) is 5.91 Å². The van der Waals surface area contributed by atoms with Gasteiger partial charge in [-0.1, -0.05) is 18.2 Å². The predicted molar refractivity (Wildman–Crippen MR) is 88.2 cm³/mol. The van der Waals surface area contributed by atoms with Crippen molar-refractivity contribution in [1.29, 1.82) is 0 Å². The zero-order valence-corrected chi connectivity index (χ0v) is 13.4. The van der Waals surface area contributed by atoms with Crippen LogP contribution in [0.2, 0.25) is 0 Å². The Morgan fingerprint density at radius 2 is 1.65 bits per heavy atom. The number of hydrogen-bond donors (Lipinski definition) is 1. The number of carbonyl (C=O) groups is 1. The normalized spacial score (nSPS) is 10.0. The monoisotopic (exact) mass is 315 g/mol. The van der Waals surface area contributed by atoms with E-state index in [4.69, 9.17) is 14.2 Å². The third-order valence-corrected chi connectivity index (χ3v) is 3.26. The summed E-state index contributed by atoms with van der Waals surface area (Å²) < 4.78 is 15.8. The highest BCUT2D eigenvalue weighted by Gasteiger charge is 2.03. The van der Waals surface area contributed by atoms with Crippen molar-refractivity contribution < 1.29 is 19.0 Å². The Balaban J connectivity index is 1.69. The molecular weight excluding hydrogens is 294 g/mol. The van der Waals surface area contributed by atoms with Crippen molar-refractivity contribution in [2.45, 2.75) is 6.42 Å². The van der Waals surface area contributed by atoms with Crippen LogP contribution in [-0.2, 0) is 11.2 Å². The van der Waals surface area contributed by atoms with Gasteiger partial charge in [0, 0.05) is 6.07 Å². The van der Waals surface area contributed by atoms with Gasteiger partial charge in [0.25, 0.3) is 0 Å². The van der Waals surface area contributed by atoms with Crippen LogP contribution in [0.4, 0.5) is 0 Å². The topological polar surface area (TPSA) is 56.8 Å². The first-order valence-corrected chi connectivity index (χ1v) is 7.38. The quantitative estimate of drug-likeness (QED) is 0.760. The van der Waals surface area contributed by atoms with Crippen molar-refractivity contribution >= 4 is 5.91 Å². The van der Waals surface area contributed by atoms with Gasteiger partial charge in [-0.3, -0.25) is 4.79 Å². The SMILES string of the molecule is COc1ccc(CC(=O)NCCOc2cccc(OC)c2)cc1. The maximum Gasteiger partial charge on any atom is 0.224 e. The van der Waals surface area contributed by atoms with Crippen LogP contribution in [-0.4, -0.2) is 33.3 Å². The van der Waals surface area contributed by atoms with E-state index in [1.807, 2.05) is 42.5 Å². The first kappa shape index (κ1) is 16.7. The number of ether oxygens (including phenoxy) is 3. The number of nitrogens with one attached hydrogen (secondary N) is 1. The van der Waals surface area contributed by atoms with Crippen LogP contribution in [0, 0.1) is 0 Å². The molecule has 2 rings (SSSR count). The van der Waals surface area contributed by atoms with Crippen molar-refractivity contribution in [1.82, 2.24) is 5.32 Å². The lowest BCUT2D eigenvalue weighted by Gasteiger charge is -2.09. The minimum absolute atomic E-state index is 0.0376. The standard InChI is InChI=1S/C18H21NO4/c1-21-15-8-6-14(7-9-15)12-18(20)19-10-11-23-17-5-3-4-16(13-17)22-2/h3-9,13H,10-12H2,1-2H3,(H,19,20). The van der Waals surface area contributed by atoms with Gasteiger partial charge in [0.05, 0.1) is 27.2 Å². The molecule has 0 aliphatic rings. The second-order valence-electron chi connectivity index (χ2n) is 4.90. The molecule has 23 heavy (non-hydrogen) atoms. The number of methoxy groups -OCH3 is 2. The number of amides is 1. The molecule has 0 heterocycles. The lowest BCUT2D eigenvalue weighted by molar-refractivity contribution is -0.120. The molecule has 0 saturated carbocycles. The molecule has 0 atom stereocenters. The van der Waals surface area contributed by atoms with E-state index in [9.17, 15) is 4.79 Å². The van der Waals surface area contributed by atoms with Crippen LogP contribution >= 0.6 is 0 Å². The van der Waals surface area contributed by atoms with E-state index < -0.39 is 0 Å². The van der Waals surface area contributed by atoms with Gasteiger partial charge in [0.15, 0.2) is 0 Å². The van der Waals surface area contributed by atoms with Crippen LogP contribution in [0.15, 0.2) is 48.5 Å². The molecule has 5 nitrogen and oxygen atoms in total. The number of rotatable bonds is 8. The maximum atomic E-state index is 11.9. The summed E-state index contributed by atoms with van der Waals surface area (Å²) in [5.74, 6) is 2.20. The molecule has 0 aromatic heterocycles. The first-order chi connectivity index (χ1) is 11.2. The molecule has 0 radical (unpaired) electrons. The molecule has 2 aromatic rings. The zero-order chi connectivity index (χ0) is 16.5. The van der Waals surface area contributed by atoms with E-state index in [1.54, 1.807) is 20.3 Å². The summed E-state index contributed by atoms with van der Waals surface area (Å²) in [5, 5.41) is 2.83. The second-order valence-corrected chi connectivity index (χ2v) is 4.90. The molecule has 1 N–H and O–H groups in total. The summed E-state index contributed by atoms with van der Waals surface area (Å²) in [5.41, 5.74) is 0.942. The summed E-state index contributed by atoms with van der Waals surface area (Å²) in [7, 11) is 3.22. The highest BCUT2D eigenvalue weighted by atomic mass is 16.5. The van der Waals surface area contributed by atoms with Gasteiger partial charge in [-0.25, -0.2) is 0 Å². The molecule has 2 aromatic carbocycles. The molecule has 0 bridgehead atoms. The summed E-state index contributed by atoms with van der Waals surface area (Å²) in [6.45, 7) is 0.855.